The number of unbranched alkanes of at least 4 members (excludes halogenated alkanes) is 1. The van der Waals surface area contributed by atoms with Crippen molar-refractivity contribution in [2.24, 2.45) is 5.92 Å². The summed E-state index contributed by atoms with van der Waals surface area (Å²) in [5, 5.41) is 4.50. The van der Waals surface area contributed by atoms with Gasteiger partial charge in [0.1, 0.15) is 6.54 Å². The quantitative estimate of drug-likeness (QED) is 0.766. The number of sulfonamides is 1. The van der Waals surface area contributed by atoms with E-state index in [9.17, 15) is 13.2 Å². The number of hydrogen-bond acceptors (Lipinski definition) is 3. The lowest BCUT2D eigenvalue weighted by molar-refractivity contribution is -0.119. The zero-order valence-electron chi connectivity index (χ0n) is 15.4. The summed E-state index contributed by atoms with van der Waals surface area (Å²) >= 11 is 0. The third kappa shape index (κ3) is 3.43. The van der Waals surface area contributed by atoms with Crippen molar-refractivity contribution in [2.45, 2.75) is 44.4 Å². The first-order chi connectivity index (χ1) is 12.5. The Kier molecular flexibility index (Phi) is 5.51. The molecule has 140 valence electrons. The van der Waals surface area contributed by atoms with E-state index in [1.54, 1.807) is 18.2 Å². The number of anilines is 1. The first-order valence-corrected chi connectivity index (χ1v) is 10.7. The van der Waals surface area contributed by atoms with Crippen LogP contribution in [-0.4, -0.2) is 27.4 Å². The maximum absolute atomic E-state index is 12.9. The summed E-state index contributed by atoms with van der Waals surface area (Å²) in [7, 11) is -3.68. The summed E-state index contributed by atoms with van der Waals surface area (Å²) in [5.41, 5.74) is 0.589. The molecule has 0 aromatic heterocycles. The molecule has 0 saturated carbocycles. The number of benzene rings is 2. The maximum Gasteiger partial charge on any atom is 0.265 e. The Bertz CT molecular complexity index is 903. The number of rotatable bonds is 8. The van der Waals surface area contributed by atoms with Crippen molar-refractivity contribution in [1.82, 2.24) is 5.32 Å². The molecule has 2 aromatic carbocycles. The van der Waals surface area contributed by atoms with E-state index in [0.717, 1.165) is 31.1 Å². The topological polar surface area (TPSA) is 66.5 Å². The first-order valence-electron chi connectivity index (χ1n) is 9.30. The predicted molar refractivity (Wildman–Crippen MR) is 105 cm³/mol. The van der Waals surface area contributed by atoms with Gasteiger partial charge in [0.05, 0.1) is 10.6 Å². The fourth-order valence-electron chi connectivity index (χ4n) is 3.52. The minimum absolute atomic E-state index is 0.180. The fourth-order valence-corrected chi connectivity index (χ4v) is 5.18. The molecule has 1 N–H and O–H groups in total. The summed E-state index contributed by atoms with van der Waals surface area (Å²) in [6, 6.07) is 10.7. The van der Waals surface area contributed by atoms with E-state index in [4.69, 9.17) is 0 Å². The molecule has 0 bridgehead atoms. The SMILES string of the molecule is CCCCC(CC)CNC(=O)CN1c2cccc3cccc(c23)S1(=O)=O. The number of nitrogens with zero attached hydrogens (tertiary/aromatic N) is 1. The van der Waals surface area contributed by atoms with Gasteiger partial charge in [0, 0.05) is 11.9 Å². The van der Waals surface area contributed by atoms with E-state index in [2.05, 4.69) is 19.2 Å². The second kappa shape index (κ2) is 7.66. The third-order valence-electron chi connectivity index (χ3n) is 5.10. The van der Waals surface area contributed by atoms with E-state index in [1.165, 1.54) is 4.31 Å². The average molecular weight is 375 g/mol. The monoisotopic (exact) mass is 374 g/mol. The second-order valence-corrected chi connectivity index (χ2v) is 8.69. The van der Waals surface area contributed by atoms with E-state index >= 15 is 0 Å². The van der Waals surface area contributed by atoms with Gasteiger partial charge in [-0.05, 0) is 29.9 Å². The summed E-state index contributed by atoms with van der Waals surface area (Å²) in [6.07, 6.45) is 4.37. The van der Waals surface area contributed by atoms with Crippen LogP contribution in [0.4, 0.5) is 5.69 Å². The normalized spacial score (nSPS) is 16.0. The molecule has 1 atom stereocenters. The Balaban J connectivity index is 1.75. The van der Waals surface area contributed by atoms with Crippen LogP contribution in [0.2, 0.25) is 0 Å². The summed E-state index contributed by atoms with van der Waals surface area (Å²) in [4.78, 5) is 12.7. The summed E-state index contributed by atoms with van der Waals surface area (Å²) < 4.78 is 27.0. The Morgan fingerprint density at radius 2 is 1.88 bits per heavy atom. The second-order valence-electron chi connectivity index (χ2n) is 6.86. The van der Waals surface area contributed by atoms with Gasteiger partial charge in [-0.15, -0.1) is 0 Å². The molecular formula is C20H26N2O3S. The standard InChI is InChI=1S/C20H26N2O3S/c1-3-5-8-15(4-2)13-21-19(23)14-22-17-11-6-9-16-10-7-12-18(20(16)17)26(22,24)25/h6-7,9-12,15H,3-5,8,13-14H2,1-2H3,(H,21,23). The fraction of sp³-hybridized carbons (Fsp3) is 0.450. The smallest absolute Gasteiger partial charge is 0.265 e. The molecule has 0 fully saturated rings. The lowest BCUT2D eigenvalue weighted by Crippen LogP contribution is -2.40. The van der Waals surface area contributed by atoms with Crippen molar-refractivity contribution in [2.75, 3.05) is 17.4 Å². The Morgan fingerprint density at radius 3 is 2.58 bits per heavy atom. The van der Waals surface area contributed by atoms with Gasteiger partial charge in [-0.25, -0.2) is 8.42 Å². The lowest BCUT2D eigenvalue weighted by Gasteiger charge is -2.20. The van der Waals surface area contributed by atoms with Crippen LogP contribution < -0.4 is 9.62 Å². The van der Waals surface area contributed by atoms with Crippen molar-refractivity contribution in [3.8, 4) is 0 Å². The predicted octanol–water partition coefficient (Wildman–Crippen LogP) is 3.68. The van der Waals surface area contributed by atoms with Gasteiger partial charge in [0.15, 0.2) is 0 Å². The number of carbonyl (C=O) groups excluding carboxylic acids is 1. The molecule has 1 aliphatic rings. The Labute approximate surface area is 155 Å². The van der Waals surface area contributed by atoms with Gasteiger partial charge in [0.2, 0.25) is 5.91 Å². The summed E-state index contributed by atoms with van der Waals surface area (Å²) in [6.45, 7) is 4.69. The zero-order valence-corrected chi connectivity index (χ0v) is 16.2. The van der Waals surface area contributed by atoms with Crippen LogP contribution in [0.25, 0.3) is 10.8 Å². The average Bonchev–Trinajstić information content (AvgIpc) is 2.85. The van der Waals surface area contributed by atoms with Gasteiger partial charge in [-0.2, -0.15) is 0 Å². The molecule has 5 nitrogen and oxygen atoms in total. The molecule has 0 saturated heterocycles. The highest BCUT2D eigenvalue weighted by Crippen LogP contribution is 2.41. The van der Waals surface area contributed by atoms with Gasteiger partial charge in [-0.3, -0.25) is 9.10 Å². The molecule has 1 heterocycles. The molecule has 0 spiro atoms. The van der Waals surface area contributed by atoms with Crippen LogP contribution in [0.1, 0.15) is 39.5 Å². The Hall–Kier alpha value is -2.08. The number of hydrogen-bond donors (Lipinski definition) is 1. The van der Waals surface area contributed by atoms with Crippen LogP contribution >= 0.6 is 0 Å². The van der Waals surface area contributed by atoms with Crippen LogP contribution in [0, 0.1) is 5.92 Å². The van der Waals surface area contributed by atoms with Crippen molar-refractivity contribution >= 4 is 32.4 Å². The summed E-state index contributed by atoms with van der Waals surface area (Å²) in [5.74, 6) is 0.183. The minimum atomic E-state index is -3.68. The highest BCUT2D eigenvalue weighted by atomic mass is 32.2. The Morgan fingerprint density at radius 1 is 1.15 bits per heavy atom. The van der Waals surface area contributed by atoms with Crippen molar-refractivity contribution < 1.29 is 13.2 Å². The first kappa shape index (κ1) is 18.7. The maximum atomic E-state index is 12.9. The van der Waals surface area contributed by atoms with E-state index in [1.807, 2.05) is 18.2 Å². The molecule has 0 radical (unpaired) electrons. The minimum Gasteiger partial charge on any atom is -0.354 e. The van der Waals surface area contributed by atoms with E-state index in [-0.39, 0.29) is 17.3 Å². The lowest BCUT2D eigenvalue weighted by atomic mass is 9.99. The third-order valence-corrected chi connectivity index (χ3v) is 6.90. The van der Waals surface area contributed by atoms with Gasteiger partial charge in [0.25, 0.3) is 10.0 Å². The molecule has 3 rings (SSSR count). The van der Waals surface area contributed by atoms with Crippen molar-refractivity contribution in [3.05, 3.63) is 36.4 Å². The largest absolute Gasteiger partial charge is 0.354 e. The molecule has 0 aliphatic carbocycles. The van der Waals surface area contributed by atoms with Gasteiger partial charge in [-0.1, -0.05) is 57.4 Å². The van der Waals surface area contributed by atoms with Crippen LogP contribution in [0.15, 0.2) is 41.3 Å². The number of carbonyl (C=O) groups is 1. The molecule has 1 aliphatic heterocycles. The molecular weight excluding hydrogens is 348 g/mol. The van der Waals surface area contributed by atoms with Gasteiger partial charge >= 0.3 is 0 Å². The van der Waals surface area contributed by atoms with Crippen LogP contribution in [0.5, 0.6) is 0 Å². The molecule has 1 unspecified atom stereocenters. The van der Waals surface area contributed by atoms with Crippen LogP contribution in [0.3, 0.4) is 0 Å². The number of amides is 1. The van der Waals surface area contributed by atoms with Crippen molar-refractivity contribution in [3.63, 3.8) is 0 Å². The zero-order chi connectivity index (χ0) is 18.7. The van der Waals surface area contributed by atoms with Crippen molar-refractivity contribution in [1.29, 1.82) is 0 Å². The highest BCUT2D eigenvalue weighted by molar-refractivity contribution is 7.93. The molecule has 26 heavy (non-hydrogen) atoms. The van der Waals surface area contributed by atoms with E-state index in [0.29, 0.717) is 23.5 Å². The van der Waals surface area contributed by atoms with Gasteiger partial charge < -0.3 is 5.32 Å². The highest BCUT2D eigenvalue weighted by Gasteiger charge is 2.36. The van der Waals surface area contributed by atoms with E-state index < -0.39 is 10.0 Å². The molecule has 2 aromatic rings. The molecule has 6 heteroatoms. The van der Waals surface area contributed by atoms with Crippen LogP contribution in [-0.2, 0) is 14.8 Å². The molecule has 1 amide bonds. The number of nitrogens with one attached hydrogen (secondary N) is 1.